The standard InChI is InChI=1S/C12H18N2O3/c1-8(13)3-6-12(16)14-10-7-9(17-2)4-5-11(10)15/h4-5,7-8,15H,3,6,13H2,1-2H3,(H,14,16). The lowest BCUT2D eigenvalue weighted by Gasteiger charge is -2.09. The second-order valence-corrected chi connectivity index (χ2v) is 3.95. The van der Waals surface area contributed by atoms with E-state index in [9.17, 15) is 9.90 Å². The Hall–Kier alpha value is -1.75. The number of nitrogens with one attached hydrogen (secondary N) is 1. The van der Waals surface area contributed by atoms with E-state index in [0.29, 0.717) is 24.3 Å². The van der Waals surface area contributed by atoms with Crippen LogP contribution in [-0.2, 0) is 4.79 Å². The van der Waals surface area contributed by atoms with Crippen LogP contribution in [0.25, 0.3) is 0 Å². The van der Waals surface area contributed by atoms with Gasteiger partial charge >= 0.3 is 0 Å². The molecule has 1 unspecified atom stereocenters. The van der Waals surface area contributed by atoms with Crippen LogP contribution in [0.1, 0.15) is 19.8 Å². The molecule has 0 radical (unpaired) electrons. The second-order valence-electron chi connectivity index (χ2n) is 3.95. The number of ether oxygens (including phenoxy) is 1. The number of rotatable bonds is 5. The van der Waals surface area contributed by atoms with Crippen LogP contribution in [-0.4, -0.2) is 24.2 Å². The first-order valence-electron chi connectivity index (χ1n) is 5.45. The Bertz CT molecular complexity index is 391. The van der Waals surface area contributed by atoms with E-state index in [1.54, 1.807) is 12.1 Å². The molecule has 1 aromatic rings. The molecule has 0 saturated heterocycles. The Balaban J connectivity index is 2.64. The summed E-state index contributed by atoms with van der Waals surface area (Å²) in [5.41, 5.74) is 5.91. The number of carbonyl (C=O) groups is 1. The van der Waals surface area contributed by atoms with Crippen LogP contribution in [0.4, 0.5) is 5.69 Å². The van der Waals surface area contributed by atoms with Gasteiger partial charge in [-0.05, 0) is 25.5 Å². The maximum absolute atomic E-state index is 11.6. The molecule has 0 aromatic heterocycles. The molecule has 0 saturated carbocycles. The van der Waals surface area contributed by atoms with Crippen LogP contribution in [0.2, 0.25) is 0 Å². The summed E-state index contributed by atoms with van der Waals surface area (Å²) in [5.74, 6) is 0.413. The molecular weight excluding hydrogens is 220 g/mol. The zero-order chi connectivity index (χ0) is 12.8. The van der Waals surface area contributed by atoms with Crippen molar-refractivity contribution in [3.63, 3.8) is 0 Å². The summed E-state index contributed by atoms with van der Waals surface area (Å²) in [6, 6.07) is 4.64. The van der Waals surface area contributed by atoms with E-state index in [1.165, 1.54) is 13.2 Å². The van der Waals surface area contributed by atoms with Crippen molar-refractivity contribution in [1.82, 2.24) is 0 Å². The number of aromatic hydroxyl groups is 1. The lowest BCUT2D eigenvalue weighted by molar-refractivity contribution is -0.116. The molecule has 0 heterocycles. The number of hydrogen-bond donors (Lipinski definition) is 3. The fourth-order valence-electron chi connectivity index (χ4n) is 1.31. The minimum absolute atomic E-state index is 0.0138. The summed E-state index contributed by atoms with van der Waals surface area (Å²) in [6.07, 6.45) is 0.935. The Labute approximate surface area is 101 Å². The predicted octanol–water partition coefficient (Wildman–Crippen LogP) is 1.47. The van der Waals surface area contributed by atoms with Gasteiger partial charge in [0.05, 0.1) is 12.8 Å². The third kappa shape index (κ3) is 4.32. The minimum Gasteiger partial charge on any atom is -0.506 e. The molecule has 1 amide bonds. The largest absolute Gasteiger partial charge is 0.506 e. The monoisotopic (exact) mass is 238 g/mol. The topological polar surface area (TPSA) is 84.6 Å². The molecule has 0 aliphatic heterocycles. The first-order chi connectivity index (χ1) is 8.02. The Morgan fingerprint density at radius 1 is 1.59 bits per heavy atom. The highest BCUT2D eigenvalue weighted by atomic mass is 16.5. The van der Waals surface area contributed by atoms with Gasteiger partial charge in [0.2, 0.25) is 5.91 Å². The number of methoxy groups -OCH3 is 1. The smallest absolute Gasteiger partial charge is 0.224 e. The first kappa shape index (κ1) is 13.3. The van der Waals surface area contributed by atoms with Crippen LogP contribution in [0.15, 0.2) is 18.2 Å². The fourth-order valence-corrected chi connectivity index (χ4v) is 1.31. The van der Waals surface area contributed by atoms with Crippen LogP contribution in [0.3, 0.4) is 0 Å². The highest BCUT2D eigenvalue weighted by molar-refractivity contribution is 5.92. The van der Waals surface area contributed by atoms with Crippen molar-refractivity contribution >= 4 is 11.6 Å². The van der Waals surface area contributed by atoms with Crippen molar-refractivity contribution < 1.29 is 14.6 Å². The molecule has 5 heteroatoms. The quantitative estimate of drug-likeness (QED) is 0.678. The first-order valence-corrected chi connectivity index (χ1v) is 5.45. The maximum Gasteiger partial charge on any atom is 0.224 e. The number of anilines is 1. The van der Waals surface area contributed by atoms with E-state index in [0.717, 1.165) is 0 Å². The SMILES string of the molecule is COc1ccc(O)c(NC(=O)CCC(C)N)c1. The molecule has 1 atom stereocenters. The maximum atomic E-state index is 11.6. The van der Waals surface area contributed by atoms with Crippen molar-refractivity contribution in [2.45, 2.75) is 25.8 Å². The van der Waals surface area contributed by atoms with Crippen molar-refractivity contribution in [3.05, 3.63) is 18.2 Å². The van der Waals surface area contributed by atoms with Crippen molar-refractivity contribution in [2.24, 2.45) is 5.73 Å². The van der Waals surface area contributed by atoms with E-state index >= 15 is 0 Å². The predicted molar refractivity (Wildman–Crippen MR) is 66.2 cm³/mol. The summed E-state index contributed by atoms with van der Waals surface area (Å²) in [7, 11) is 1.52. The number of nitrogens with two attached hydrogens (primary N) is 1. The number of carbonyl (C=O) groups excluding carboxylic acids is 1. The molecule has 0 aliphatic carbocycles. The summed E-state index contributed by atoms with van der Waals surface area (Å²) < 4.78 is 5.01. The van der Waals surface area contributed by atoms with E-state index in [2.05, 4.69) is 5.32 Å². The van der Waals surface area contributed by atoms with Gasteiger partial charge in [0.1, 0.15) is 11.5 Å². The highest BCUT2D eigenvalue weighted by Crippen LogP contribution is 2.27. The number of benzene rings is 1. The number of amides is 1. The molecule has 0 spiro atoms. The fraction of sp³-hybridized carbons (Fsp3) is 0.417. The average Bonchev–Trinajstić information content (AvgIpc) is 2.29. The minimum atomic E-state index is -0.175. The molecule has 0 aliphatic rings. The van der Waals surface area contributed by atoms with Crippen LogP contribution < -0.4 is 15.8 Å². The summed E-state index contributed by atoms with van der Waals surface area (Å²) in [4.78, 5) is 11.6. The normalized spacial score (nSPS) is 11.9. The van der Waals surface area contributed by atoms with E-state index in [-0.39, 0.29) is 17.7 Å². The van der Waals surface area contributed by atoms with E-state index in [1.807, 2.05) is 6.92 Å². The van der Waals surface area contributed by atoms with Crippen molar-refractivity contribution in [2.75, 3.05) is 12.4 Å². The Morgan fingerprint density at radius 3 is 2.88 bits per heavy atom. The summed E-state index contributed by atoms with van der Waals surface area (Å²) in [6.45, 7) is 1.84. The zero-order valence-electron chi connectivity index (χ0n) is 10.1. The third-order valence-electron chi connectivity index (χ3n) is 2.30. The molecule has 5 nitrogen and oxygen atoms in total. The van der Waals surface area contributed by atoms with Gasteiger partial charge < -0.3 is 20.9 Å². The molecule has 94 valence electrons. The van der Waals surface area contributed by atoms with Gasteiger partial charge in [-0.1, -0.05) is 0 Å². The van der Waals surface area contributed by atoms with Gasteiger partial charge in [0, 0.05) is 18.5 Å². The summed E-state index contributed by atoms with van der Waals surface area (Å²) in [5, 5.41) is 12.2. The number of phenolic OH excluding ortho intramolecular Hbond substituents is 1. The molecule has 17 heavy (non-hydrogen) atoms. The lowest BCUT2D eigenvalue weighted by atomic mass is 10.2. The van der Waals surface area contributed by atoms with Crippen molar-refractivity contribution in [1.29, 1.82) is 0 Å². The molecule has 4 N–H and O–H groups in total. The Kier molecular flexibility index (Phi) is 4.78. The molecule has 0 fully saturated rings. The lowest BCUT2D eigenvalue weighted by Crippen LogP contribution is -2.19. The van der Waals surface area contributed by atoms with Gasteiger partial charge in [0.25, 0.3) is 0 Å². The molecule has 1 aromatic carbocycles. The van der Waals surface area contributed by atoms with Gasteiger partial charge in [-0.2, -0.15) is 0 Å². The van der Waals surface area contributed by atoms with Crippen molar-refractivity contribution in [3.8, 4) is 11.5 Å². The van der Waals surface area contributed by atoms with E-state index < -0.39 is 0 Å². The number of phenols is 1. The second kappa shape index (κ2) is 6.10. The zero-order valence-corrected chi connectivity index (χ0v) is 10.1. The molecular formula is C12H18N2O3. The molecule has 1 rings (SSSR count). The van der Waals surface area contributed by atoms with Crippen LogP contribution in [0.5, 0.6) is 11.5 Å². The van der Waals surface area contributed by atoms with Gasteiger partial charge in [-0.25, -0.2) is 0 Å². The Morgan fingerprint density at radius 2 is 2.29 bits per heavy atom. The van der Waals surface area contributed by atoms with Gasteiger partial charge in [-0.15, -0.1) is 0 Å². The summed E-state index contributed by atoms with van der Waals surface area (Å²) >= 11 is 0. The van der Waals surface area contributed by atoms with Crippen LogP contribution >= 0.6 is 0 Å². The van der Waals surface area contributed by atoms with Crippen LogP contribution in [0, 0.1) is 0 Å². The molecule has 0 bridgehead atoms. The van der Waals surface area contributed by atoms with Gasteiger partial charge in [-0.3, -0.25) is 4.79 Å². The third-order valence-corrected chi connectivity index (χ3v) is 2.30. The van der Waals surface area contributed by atoms with Gasteiger partial charge in [0.15, 0.2) is 0 Å². The van der Waals surface area contributed by atoms with E-state index in [4.69, 9.17) is 10.5 Å². The average molecular weight is 238 g/mol. The highest BCUT2D eigenvalue weighted by Gasteiger charge is 2.08. The number of hydrogen-bond acceptors (Lipinski definition) is 4.